The van der Waals surface area contributed by atoms with Crippen molar-refractivity contribution < 1.29 is 9.59 Å². The van der Waals surface area contributed by atoms with Gasteiger partial charge in [0.1, 0.15) is 11.0 Å². The second-order valence-electron chi connectivity index (χ2n) is 18.8. The van der Waals surface area contributed by atoms with Crippen LogP contribution in [0.15, 0.2) is 97.3 Å². The van der Waals surface area contributed by atoms with Gasteiger partial charge < -0.3 is 25.3 Å². The van der Waals surface area contributed by atoms with Gasteiger partial charge in [-0.25, -0.2) is 19.6 Å². The summed E-state index contributed by atoms with van der Waals surface area (Å²) in [6.45, 7) is 4.90. The normalized spacial score (nSPS) is 27.7. The molecule has 5 aliphatic rings. The van der Waals surface area contributed by atoms with E-state index in [9.17, 15) is 9.59 Å². The second kappa shape index (κ2) is 17.9. The van der Waals surface area contributed by atoms with Gasteiger partial charge in [-0.2, -0.15) is 0 Å². The zero-order valence-electron chi connectivity index (χ0n) is 36.6. The van der Waals surface area contributed by atoms with Crippen LogP contribution in [-0.4, -0.2) is 107 Å². The zero-order valence-corrected chi connectivity index (χ0v) is 37.3. The topological polar surface area (TPSA) is 100 Å². The molecular weight excluding hydrogens is 782 g/mol. The van der Waals surface area contributed by atoms with Gasteiger partial charge in [-0.3, -0.25) is 9.80 Å². The Morgan fingerprint density at radius 1 is 0.590 bits per heavy atom. The second-order valence-corrected chi connectivity index (χ2v) is 19.2. The number of carbonyl (C=O) groups is 2. The van der Waals surface area contributed by atoms with Gasteiger partial charge in [-0.1, -0.05) is 72.3 Å². The number of halogens is 1. The van der Waals surface area contributed by atoms with Crippen LogP contribution in [0.1, 0.15) is 92.9 Å². The molecule has 0 bridgehead atoms. The fourth-order valence-corrected chi connectivity index (χ4v) is 11.2. The molecule has 0 unspecified atom stereocenters. The Labute approximate surface area is 367 Å². The van der Waals surface area contributed by atoms with E-state index in [0.29, 0.717) is 18.2 Å². The number of piperidine rings is 1. The van der Waals surface area contributed by atoms with Gasteiger partial charge in [0.2, 0.25) is 0 Å². The molecule has 324 valence electrons. The van der Waals surface area contributed by atoms with Crippen LogP contribution in [0.3, 0.4) is 0 Å². The lowest BCUT2D eigenvalue weighted by Crippen LogP contribution is -2.54. The molecule has 5 heterocycles. The SMILES string of the molecule is CN(C)C1(c2ccccc2)CCC2(CC1)CN(Cc1ccnc(Cl)c1)C(=O)N2.CN(C)C1(c2ccccc2)CCC2(CC1)CN(Cc1ccnc(N3CCCCC3)c1)C(=O)N2. The molecule has 11 nitrogen and oxygen atoms in total. The third kappa shape index (κ3) is 9.11. The maximum absolute atomic E-state index is 13.0. The van der Waals surface area contributed by atoms with Crippen molar-refractivity contribution in [3.8, 4) is 0 Å². The third-order valence-corrected chi connectivity index (χ3v) is 14.9. The number of nitrogens with one attached hydrogen (secondary N) is 2. The van der Waals surface area contributed by atoms with Crippen LogP contribution in [-0.2, 0) is 24.2 Å². The highest BCUT2D eigenvalue weighted by Gasteiger charge is 2.51. The molecule has 5 fully saturated rings. The fourth-order valence-electron chi connectivity index (χ4n) is 11.0. The first-order valence-electron chi connectivity index (χ1n) is 22.3. The number of hydrogen-bond acceptors (Lipinski definition) is 7. The van der Waals surface area contributed by atoms with Crippen LogP contribution in [0.25, 0.3) is 0 Å². The summed E-state index contributed by atoms with van der Waals surface area (Å²) < 4.78 is 0. The van der Waals surface area contributed by atoms with Crippen molar-refractivity contribution >= 4 is 29.5 Å². The number of amides is 4. The number of rotatable bonds is 9. The summed E-state index contributed by atoms with van der Waals surface area (Å²) in [6, 6.07) is 29.7. The molecule has 3 saturated heterocycles. The third-order valence-electron chi connectivity index (χ3n) is 14.7. The van der Waals surface area contributed by atoms with Crippen LogP contribution in [0.5, 0.6) is 0 Å². The minimum absolute atomic E-state index is 0.0185. The van der Waals surface area contributed by atoms with Gasteiger partial charge in [-0.05, 0) is 145 Å². The maximum atomic E-state index is 13.0. The maximum Gasteiger partial charge on any atom is 0.318 e. The van der Waals surface area contributed by atoms with E-state index in [0.717, 1.165) is 88.9 Å². The molecule has 0 atom stereocenters. The highest BCUT2D eigenvalue weighted by atomic mass is 35.5. The lowest BCUT2D eigenvalue weighted by molar-refractivity contribution is 0.0617. The van der Waals surface area contributed by atoms with Crippen molar-refractivity contribution in [2.75, 3.05) is 59.3 Å². The Morgan fingerprint density at radius 3 is 1.48 bits per heavy atom. The van der Waals surface area contributed by atoms with E-state index in [1.165, 1.54) is 36.0 Å². The van der Waals surface area contributed by atoms with Crippen molar-refractivity contribution in [2.45, 2.75) is 106 Å². The average molecular weight is 847 g/mol. The van der Waals surface area contributed by atoms with Crippen molar-refractivity contribution in [2.24, 2.45) is 0 Å². The minimum Gasteiger partial charge on any atom is -0.357 e. The lowest BCUT2D eigenvalue weighted by Gasteiger charge is -2.48. The van der Waals surface area contributed by atoms with Crippen LogP contribution in [0.4, 0.5) is 15.4 Å². The molecule has 4 amide bonds. The number of pyridine rings is 2. The Kier molecular flexibility index (Phi) is 12.6. The summed E-state index contributed by atoms with van der Waals surface area (Å²) in [5.74, 6) is 1.05. The van der Waals surface area contributed by atoms with Crippen molar-refractivity contribution in [1.29, 1.82) is 0 Å². The molecule has 12 heteroatoms. The molecule has 3 aliphatic heterocycles. The van der Waals surface area contributed by atoms with Crippen molar-refractivity contribution in [3.63, 3.8) is 0 Å². The first-order valence-corrected chi connectivity index (χ1v) is 22.7. The predicted octanol–water partition coefficient (Wildman–Crippen LogP) is 8.40. The standard InChI is InChI=1S/C27H37N5O.C22H27ClN4O/c1-30(2)27(23-9-5-3-6-10-23)14-12-26(13-15-27)21-32(25(33)29-26)20-22-11-16-28-24(19-22)31-17-7-4-8-18-31;1-26(2)22(18-6-4-3-5-7-18)11-9-21(10-12-22)16-27(20(28)25-21)15-17-8-13-24-19(23)14-17/h3,5-6,9-11,16,19H,4,7-8,12-15,17-18,20-21H2,1-2H3,(H,29,33);3-8,13-14H,9-12,15-16H2,1-2H3,(H,25,28). The fraction of sp³-hybridized carbons (Fsp3) is 0.510. The monoisotopic (exact) mass is 845 g/mol. The molecule has 0 radical (unpaired) electrons. The molecule has 2 aromatic carbocycles. The summed E-state index contributed by atoms with van der Waals surface area (Å²) in [5.41, 5.74) is 4.74. The molecular formula is C49H64ClN9O2. The smallest absolute Gasteiger partial charge is 0.318 e. The van der Waals surface area contributed by atoms with E-state index < -0.39 is 0 Å². The molecule has 4 aromatic rings. The number of aromatic nitrogens is 2. The van der Waals surface area contributed by atoms with Gasteiger partial charge in [0.05, 0.1) is 11.1 Å². The molecule has 2 aliphatic carbocycles. The number of carbonyl (C=O) groups excluding carboxylic acids is 2. The molecule has 2 saturated carbocycles. The van der Waals surface area contributed by atoms with Gasteiger partial charge in [0.25, 0.3) is 0 Å². The largest absolute Gasteiger partial charge is 0.357 e. The Balaban J connectivity index is 0.000000171. The Bertz CT molecular complexity index is 2110. The Morgan fingerprint density at radius 2 is 1.03 bits per heavy atom. The molecule has 61 heavy (non-hydrogen) atoms. The van der Waals surface area contributed by atoms with Crippen LogP contribution < -0.4 is 15.5 Å². The van der Waals surface area contributed by atoms with Gasteiger partial charge in [0, 0.05) is 62.7 Å². The molecule has 2 N–H and O–H groups in total. The van der Waals surface area contributed by atoms with E-state index >= 15 is 0 Å². The molecule has 9 rings (SSSR count). The molecule has 2 spiro atoms. The number of hydrogen-bond donors (Lipinski definition) is 2. The lowest BCUT2D eigenvalue weighted by atomic mass is 9.69. The summed E-state index contributed by atoms with van der Waals surface area (Å²) in [4.78, 5) is 45.3. The minimum atomic E-state index is -0.137. The zero-order chi connectivity index (χ0) is 42.7. The molecule has 2 aromatic heterocycles. The number of anilines is 1. The summed E-state index contributed by atoms with van der Waals surface area (Å²) >= 11 is 5.99. The summed E-state index contributed by atoms with van der Waals surface area (Å²) in [7, 11) is 8.71. The number of benzene rings is 2. The van der Waals surface area contributed by atoms with E-state index in [1.54, 1.807) is 6.20 Å². The van der Waals surface area contributed by atoms with Crippen molar-refractivity contribution in [1.82, 2.24) is 40.2 Å². The summed E-state index contributed by atoms with van der Waals surface area (Å²) in [5, 5.41) is 7.15. The van der Waals surface area contributed by atoms with E-state index in [4.69, 9.17) is 11.6 Å². The predicted molar refractivity (Wildman–Crippen MR) is 243 cm³/mol. The van der Waals surface area contributed by atoms with Gasteiger partial charge in [-0.15, -0.1) is 0 Å². The van der Waals surface area contributed by atoms with Gasteiger partial charge in [0.15, 0.2) is 0 Å². The number of urea groups is 2. The quantitative estimate of drug-likeness (QED) is 0.163. The highest BCUT2D eigenvalue weighted by Crippen LogP contribution is 2.47. The first kappa shape index (κ1) is 43.0. The summed E-state index contributed by atoms with van der Waals surface area (Å²) in [6.07, 6.45) is 15.5. The van der Waals surface area contributed by atoms with Crippen LogP contribution >= 0.6 is 11.6 Å². The average Bonchev–Trinajstić information content (AvgIpc) is 3.75. The van der Waals surface area contributed by atoms with Crippen LogP contribution in [0, 0.1) is 0 Å². The number of nitrogens with zero attached hydrogens (tertiary/aromatic N) is 7. The van der Waals surface area contributed by atoms with Crippen molar-refractivity contribution in [3.05, 3.63) is 125 Å². The van der Waals surface area contributed by atoms with E-state index in [-0.39, 0.29) is 34.2 Å². The first-order chi connectivity index (χ1) is 29.4. The van der Waals surface area contributed by atoms with Gasteiger partial charge >= 0.3 is 12.1 Å². The Hall–Kier alpha value is -4.71. The van der Waals surface area contributed by atoms with E-state index in [2.05, 4.69) is 136 Å². The van der Waals surface area contributed by atoms with E-state index in [1.807, 2.05) is 28.1 Å². The highest BCUT2D eigenvalue weighted by molar-refractivity contribution is 6.29. The van der Waals surface area contributed by atoms with Crippen LogP contribution in [0.2, 0.25) is 5.15 Å².